The van der Waals surface area contributed by atoms with Crippen molar-refractivity contribution in [1.29, 1.82) is 0 Å². The Morgan fingerprint density at radius 3 is 2.50 bits per heavy atom. The van der Waals surface area contributed by atoms with Gasteiger partial charge in [0.1, 0.15) is 10.8 Å². The van der Waals surface area contributed by atoms with Crippen molar-refractivity contribution in [1.82, 2.24) is 4.98 Å². The van der Waals surface area contributed by atoms with Gasteiger partial charge in [0.25, 0.3) is 0 Å². The highest BCUT2D eigenvalue weighted by molar-refractivity contribution is 7.17. The maximum atomic E-state index is 5.79. The molecule has 0 aliphatic heterocycles. The van der Waals surface area contributed by atoms with E-state index in [1.165, 1.54) is 6.42 Å². The maximum Gasteiger partial charge on any atom is 0.211 e. The summed E-state index contributed by atoms with van der Waals surface area (Å²) in [6.45, 7) is 9.02. The van der Waals surface area contributed by atoms with E-state index in [1.54, 1.807) is 11.3 Å². The van der Waals surface area contributed by atoms with Crippen LogP contribution in [-0.2, 0) is 0 Å². The molecule has 0 aliphatic rings. The molecule has 0 radical (unpaired) electrons. The summed E-state index contributed by atoms with van der Waals surface area (Å²) >= 11 is 1.57. The fourth-order valence-electron chi connectivity index (χ4n) is 2.41. The van der Waals surface area contributed by atoms with Crippen molar-refractivity contribution in [3.8, 4) is 16.3 Å². The number of thiazole rings is 1. The largest absolute Gasteiger partial charge is 0.494 e. The van der Waals surface area contributed by atoms with Crippen LogP contribution in [0.15, 0.2) is 34.5 Å². The van der Waals surface area contributed by atoms with E-state index < -0.39 is 0 Å². The van der Waals surface area contributed by atoms with Crippen molar-refractivity contribution in [3.63, 3.8) is 0 Å². The highest BCUT2D eigenvalue weighted by Crippen LogP contribution is 2.29. The van der Waals surface area contributed by atoms with Gasteiger partial charge in [-0.1, -0.05) is 13.8 Å². The third-order valence-electron chi connectivity index (χ3n) is 3.74. The molecule has 0 amide bonds. The normalized spacial score (nSPS) is 11.7. The van der Waals surface area contributed by atoms with Crippen molar-refractivity contribution in [2.45, 2.75) is 40.5 Å². The van der Waals surface area contributed by atoms with E-state index in [0.29, 0.717) is 5.92 Å². The molecule has 0 saturated carbocycles. The molecule has 1 heterocycles. The van der Waals surface area contributed by atoms with Crippen molar-refractivity contribution < 1.29 is 4.74 Å². The molecule has 0 unspecified atom stereocenters. The Labute approximate surface area is 159 Å². The van der Waals surface area contributed by atoms with E-state index in [-0.39, 0.29) is 5.96 Å². The lowest BCUT2D eigenvalue weighted by molar-refractivity contribution is 0.298. The first-order valence-corrected chi connectivity index (χ1v) is 9.52. The monoisotopic (exact) mass is 373 g/mol. The van der Waals surface area contributed by atoms with Crippen molar-refractivity contribution in [2.24, 2.45) is 27.6 Å². The van der Waals surface area contributed by atoms with E-state index in [2.05, 4.69) is 29.0 Å². The molecule has 0 spiro atoms. The second-order valence-electron chi connectivity index (χ2n) is 6.55. The third kappa shape index (κ3) is 5.84. The maximum absolute atomic E-state index is 5.79. The lowest BCUT2D eigenvalue weighted by Gasteiger charge is -2.08. The van der Waals surface area contributed by atoms with Crippen LogP contribution in [0.2, 0.25) is 0 Å². The lowest BCUT2D eigenvalue weighted by atomic mass is 10.1. The molecular formula is C19H27N5OS. The summed E-state index contributed by atoms with van der Waals surface area (Å²) in [5, 5.41) is 8.67. The minimum atomic E-state index is -0.0595. The van der Waals surface area contributed by atoms with Crippen molar-refractivity contribution in [3.05, 3.63) is 34.8 Å². The van der Waals surface area contributed by atoms with E-state index in [9.17, 15) is 0 Å². The molecule has 2 rings (SSSR count). The summed E-state index contributed by atoms with van der Waals surface area (Å²) in [7, 11) is 0. The Morgan fingerprint density at radius 1 is 1.19 bits per heavy atom. The molecule has 0 fully saturated rings. The predicted octanol–water partition coefficient (Wildman–Crippen LogP) is 3.93. The Kier molecular flexibility index (Phi) is 7.15. The molecule has 7 heteroatoms. The number of aromatic nitrogens is 1. The molecule has 6 nitrogen and oxygen atoms in total. The van der Waals surface area contributed by atoms with Gasteiger partial charge in [-0.05, 0) is 56.9 Å². The number of nitrogens with zero attached hydrogens (tertiary/aromatic N) is 3. The Bertz CT molecular complexity index is 774. The summed E-state index contributed by atoms with van der Waals surface area (Å²) in [5.41, 5.74) is 13.3. The fraction of sp³-hybridized carbons (Fsp3) is 0.421. The van der Waals surface area contributed by atoms with Crippen LogP contribution in [-0.4, -0.2) is 23.3 Å². The number of hydrogen-bond acceptors (Lipinski definition) is 5. The Morgan fingerprint density at radius 2 is 1.88 bits per heavy atom. The second kappa shape index (κ2) is 9.33. The highest BCUT2D eigenvalue weighted by Gasteiger charge is 2.12. The highest BCUT2D eigenvalue weighted by atomic mass is 32.1. The minimum Gasteiger partial charge on any atom is -0.494 e. The van der Waals surface area contributed by atoms with Crippen LogP contribution in [0.5, 0.6) is 5.75 Å². The van der Waals surface area contributed by atoms with E-state index >= 15 is 0 Å². The Balaban J connectivity index is 2.06. The van der Waals surface area contributed by atoms with Gasteiger partial charge in [-0.15, -0.1) is 16.4 Å². The van der Waals surface area contributed by atoms with E-state index in [4.69, 9.17) is 16.2 Å². The molecule has 1 aromatic heterocycles. The Hall–Kier alpha value is -2.41. The summed E-state index contributed by atoms with van der Waals surface area (Å²) in [4.78, 5) is 5.61. The van der Waals surface area contributed by atoms with Gasteiger partial charge in [0.2, 0.25) is 5.96 Å². The smallest absolute Gasteiger partial charge is 0.211 e. The molecule has 2 aromatic rings. The number of aryl methyl sites for hydroxylation is 1. The summed E-state index contributed by atoms with van der Waals surface area (Å²) in [6.07, 6.45) is 2.25. The van der Waals surface area contributed by atoms with Gasteiger partial charge < -0.3 is 16.2 Å². The van der Waals surface area contributed by atoms with Crippen molar-refractivity contribution in [2.75, 3.05) is 6.61 Å². The number of benzene rings is 1. The zero-order valence-corrected chi connectivity index (χ0v) is 16.6. The van der Waals surface area contributed by atoms with Gasteiger partial charge in [-0.2, -0.15) is 5.10 Å². The zero-order chi connectivity index (χ0) is 19.1. The van der Waals surface area contributed by atoms with Gasteiger partial charge in [-0.25, -0.2) is 4.98 Å². The molecule has 0 bridgehead atoms. The van der Waals surface area contributed by atoms with Crippen LogP contribution >= 0.6 is 11.3 Å². The van der Waals surface area contributed by atoms with Gasteiger partial charge in [0.15, 0.2) is 0 Å². The van der Waals surface area contributed by atoms with Crippen LogP contribution < -0.4 is 16.2 Å². The first-order chi connectivity index (χ1) is 12.4. The average molecular weight is 374 g/mol. The van der Waals surface area contributed by atoms with Crippen LogP contribution in [0.1, 0.15) is 44.2 Å². The summed E-state index contributed by atoms with van der Waals surface area (Å²) in [5.74, 6) is 1.54. The summed E-state index contributed by atoms with van der Waals surface area (Å²) in [6, 6.07) is 8.04. The third-order valence-corrected chi connectivity index (χ3v) is 5.05. The number of ether oxygens (including phenoxy) is 1. The van der Waals surface area contributed by atoms with Gasteiger partial charge in [0.05, 0.1) is 22.9 Å². The van der Waals surface area contributed by atoms with Gasteiger partial charge in [-0.3, -0.25) is 0 Å². The number of rotatable bonds is 8. The number of guanidine groups is 1. The first-order valence-electron chi connectivity index (χ1n) is 8.71. The van der Waals surface area contributed by atoms with Gasteiger partial charge in [0, 0.05) is 5.56 Å². The quantitative estimate of drug-likeness (QED) is 0.317. The molecule has 140 valence electrons. The van der Waals surface area contributed by atoms with Crippen LogP contribution in [0.4, 0.5) is 0 Å². The lowest BCUT2D eigenvalue weighted by Crippen LogP contribution is -2.22. The molecule has 0 atom stereocenters. The van der Waals surface area contributed by atoms with Crippen LogP contribution in [0.3, 0.4) is 0 Å². The molecule has 0 saturated heterocycles. The second-order valence-corrected chi connectivity index (χ2v) is 7.55. The fourth-order valence-corrected chi connectivity index (χ4v) is 3.42. The van der Waals surface area contributed by atoms with E-state index in [0.717, 1.165) is 45.6 Å². The molecule has 1 aromatic carbocycles. The first kappa shape index (κ1) is 19.9. The SMILES string of the molecule is C/C(=N\N=C(N)N)c1sc(-c2ccc(OCCCC(C)C)cc2)nc1C. The van der Waals surface area contributed by atoms with Gasteiger partial charge >= 0.3 is 0 Å². The molecular weight excluding hydrogens is 346 g/mol. The average Bonchev–Trinajstić information content (AvgIpc) is 2.99. The minimum absolute atomic E-state index is 0.0595. The molecule has 0 aliphatic carbocycles. The van der Waals surface area contributed by atoms with Crippen LogP contribution in [0.25, 0.3) is 10.6 Å². The standard InChI is InChI=1S/C19H27N5OS/c1-12(2)6-5-11-25-16-9-7-15(8-10-16)18-22-13(3)17(26-18)14(4)23-24-19(20)21/h7-10,12H,5-6,11H2,1-4H3,(H4,20,21,24)/b23-14+. The zero-order valence-electron chi connectivity index (χ0n) is 15.8. The number of hydrogen-bond donors (Lipinski definition) is 2. The van der Waals surface area contributed by atoms with Crippen molar-refractivity contribution >= 4 is 23.0 Å². The van der Waals surface area contributed by atoms with E-state index in [1.807, 2.05) is 38.1 Å². The van der Waals surface area contributed by atoms with Crippen LogP contribution in [0, 0.1) is 12.8 Å². The summed E-state index contributed by atoms with van der Waals surface area (Å²) < 4.78 is 5.79. The molecule has 26 heavy (non-hydrogen) atoms. The predicted molar refractivity (Wildman–Crippen MR) is 110 cm³/mol. The molecule has 4 N–H and O–H groups in total. The number of nitrogens with two attached hydrogens (primary N) is 2. The topological polar surface area (TPSA) is 98.9 Å².